The van der Waals surface area contributed by atoms with Crippen molar-refractivity contribution >= 4 is 39.0 Å². The van der Waals surface area contributed by atoms with Gasteiger partial charge < -0.3 is 16.2 Å². The zero-order valence-corrected chi connectivity index (χ0v) is 15.8. The third kappa shape index (κ3) is 4.02. The molecule has 0 aliphatic carbocycles. The lowest BCUT2D eigenvalue weighted by Gasteiger charge is -2.12. The summed E-state index contributed by atoms with van der Waals surface area (Å²) in [6, 6.07) is 11.0. The van der Waals surface area contributed by atoms with Crippen molar-refractivity contribution in [2.45, 2.75) is 12.5 Å². The van der Waals surface area contributed by atoms with E-state index in [4.69, 9.17) is 17.3 Å². The van der Waals surface area contributed by atoms with E-state index in [-0.39, 0.29) is 11.8 Å². The van der Waals surface area contributed by atoms with E-state index in [1.54, 1.807) is 18.3 Å². The van der Waals surface area contributed by atoms with E-state index in [1.165, 1.54) is 11.3 Å². The van der Waals surface area contributed by atoms with Crippen LogP contribution in [-0.2, 0) is 6.42 Å². The molecular weight excluding hydrogens is 384 g/mol. The normalized spacial score (nSPS) is 12.4. The zero-order valence-electron chi connectivity index (χ0n) is 14.2. The maximum atomic E-state index is 9.48. The van der Waals surface area contributed by atoms with Crippen molar-refractivity contribution in [3.05, 3.63) is 53.2 Å². The first-order valence-corrected chi connectivity index (χ1v) is 9.52. The van der Waals surface area contributed by atoms with Crippen LogP contribution in [-0.4, -0.2) is 38.1 Å². The molecule has 0 radical (unpaired) electrons. The van der Waals surface area contributed by atoms with Gasteiger partial charge in [-0.15, -0.1) is 10.2 Å². The Bertz CT molecular complexity index is 1080. The van der Waals surface area contributed by atoms with E-state index in [0.29, 0.717) is 18.0 Å². The molecule has 0 fully saturated rings. The van der Waals surface area contributed by atoms with E-state index in [9.17, 15) is 5.11 Å². The average Bonchev–Trinajstić information content (AvgIpc) is 3.31. The van der Waals surface area contributed by atoms with Gasteiger partial charge >= 0.3 is 0 Å². The predicted octanol–water partition coefficient (Wildman–Crippen LogP) is 3.42. The first kappa shape index (κ1) is 17.7. The van der Waals surface area contributed by atoms with Crippen LogP contribution in [0.1, 0.15) is 5.56 Å². The number of phenolic OH excluding ortho intramolecular Hbond substituents is 1. The standard InChI is InChI=1S/C18H17ClN6OS/c19-14-6-10(1-4-16(14)26)5-13(20)9-21-18-25-24-17(27-18)11-2-3-15-12(7-11)8-22-23-15/h1-4,6-8,13,26H,5,9,20H2,(H,21,25)(H,22,23). The highest BCUT2D eigenvalue weighted by atomic mass is 35.5. The number of hydrogen-bond acceptors (Lipinski definition) is 7. The average molecular weight is 401 g/mol. The number of rotatable bonds is 6. The molecule has 27 heavy (non-hydrogen) atoms. The number of H-pyrrole nitrogens is 1. The van der Waals surface area contributed by atoms with Crippen LogP contribution >= 0.6 is 22.9 Å². The Hall–Kier alpha value is -2.68. The van der Waals surface area contributed by atoms with Crippen molar-refractivity contribution in [1.82, 2.24) is 20.4 Å². The summed E-state index contributed by atoms with van der Waals surface area (Å²) in [6.07, 6.45) is 2.42. The maximum absolute atomic E-state index is 9.48. The fourth-order valence-corrected chi connectivity index (χ4v) is 3.71. The van der Waals surface area contributed by atoms with Crippen LogP contribution in [0, 0.1) is 0 Å². The van der Waals surface area contributed by atoms with Gasteiger partial charge in [0.2, 0.25) is 5.13 Å². The van der Waals surface area contributed by atoms with Gasteiger partial charge in [0.05, 0.1) is 16.7 Å². The molecule has 0 spiro atoms. The highest BCUT2D eigenvalue weighted by Gasteiger charge is 2.10. The van der Waals surface area contributed by atoms with Crippen LogP contribution < -0.4 is 11.1 Å². The second kappa shape index (κ2) is 7.51. The summed E-state index contributed by atoms with van der Waals surface area (Å²) in [7, 11) is 0. The van der Waals surface area contributed by atoms with E-state index in [1.807, 2.05) is 24.3 Å². The number of benzene rings is 2. The molecule has 0 saturated carbocycles. The Labute approximate surface area is 164 Å². The lowest BCUT2D eigenvalue weighted by molar-refractivity contribution is 0.475. The molecule has 2 heterocycles. The second-order valence-electron chi connectivity index (χ2n) is 6.22. The number of phenols is 1. The van der Waals surface area contributed by atoms with Gasteiger partial charge in [0.1, 0.15) is 10.8 Å². The number of nitrogens with zero attached hydrogens (tertiary/aromatic N) is 3. The molecule has 9 heteroatoms. The van der Waals surface area contributed by atoms with Crippen LogP contribution in [0.2, 0.25) is 5.02 Å². The molecule has 138 valence electrons. The highest BCUT2D eigenvalue weighted by Crippen LogP contribution is 2.28. The molecule has 0 bridgehead atoms. The highest BCUT2D eigenvalue weighted by molar-refractivity contribution is 7.18. The Balaban J connectivity index is 1.38. The van der Waals surface area contributed by atoms with Crippen LogP contribution in [0.25, 0.3) is 21.5 Å². The van der Waals surface area contributed by atoms with E-state index in [0.717, 1.165) is 32.2 Å². The number of hydrogen-bond donors (Lipinski definition) is 4. The maximum Gasteiger partial charge on any atom is 0.206 e. The van der Waals surface area contributed by atoms with E-state index >= 15 is 0 Å². The summed E-state index contributed by atoms with van der Waals surface area (Å²) in [5, 5.41) is 31.0. The summed E-state index contributed by atoms with van der Waals surface area (Å²) in [5.41, 5.74) is 9.14. The minimum atomic E-state index is -0.125. The van der Waals surface area contributed by atoms with Crippen molar-refractivity contribution < 1.29 is 5.11 Å². The first-order chi connectivity index (χ1) is 13.1. The number of nitrogens with one attached hydrogen (secondary N) is 2. The number of halogens is 1. The topological polar surface area (TPSA) is 113 Å². The molecule has 2 aromatic heterocycles. The number of anilines is 1. The third-order valence-corrected chi connectivity index (χ3v) is 5.37. The quantitative estimate of drug-likeness (QED) is 0.394. The van der Waals surface area contributed by atoms with Gasteiger partial charge in [-0.25, -0.2) is 0 Å². The molecule has 1 atom stereocenters. The summed E-state index contributed by atoms with van der Waals surface area (Å²) in [6.45, 7) is 0.549. The Kier molecular flexibility index (Phi) is 4.93. The Morgan fingerprint density at radius 3 is 2.96 bits per heavy atom. The molecule has 7 nitrogen and oxygen atoms in total. The summed E-state index contributed by atoms with van der Waals surface area (Å²) >= 11 is 7.41. The molecule has 0 aliphatic rings. The molecule has 0 saturated heterocycles. The van der Waals surface area contributed by atoms with Crippen molar-refractivity contribution in [2.75, 3.05) is 11.9 Å². The smallest absolute Gasteiger partial charge is 0.206 e. The lowest BCUT2D eigenvalue weighted by Crippen LogP contribution is -2.31. The Morgan fingerprint density at radius 1 is 1.22 bits per heavy atom. The number of nitrogens with two attached hydrogens (primary N) is 1. The summed E-state index contributed by atoms with van der Waals surface area (Å²) < 4.78 is 0. The van der Waals surface area contributed by atoms with E-state index in [2.05, 4.69) is 25.7 Å². The zero-order chi connectivity index (χ0) is 18.8. The van der Waals surface area contributed by atoms with Gasteiger partial charge in [-0.1, -0.05) is 29.0 Å². The number of aromatic nitrogens is 4. The fourth-order valence-electron chi connectivity index (χ4n) is 2.76. The minimum Gasteiger partial charge on any atom is -0.506 e. The summed E-state index contributed by atoms with van der Waals surface area (Å²) in [4.78, 5) is 0. The molecule has 2 aromatic carbocycles. The molecule has 0 aliphatic heterocycles. The van der Waals surface area contributed by atoms with Crippen LogP contribution in [0.5, 0.6) is 5.75 Å². The van der Waals surface area contributed by atoms with Crippen molar-refractivity contribution in [3.8, 4) is 16.3 Å². The molecule has 0 amide bonds. The van der Waals surface area contributed by atoms with E-state index < -0.39 is 0 Å². The number of aromatic amines is 1. The van der Waals surface area contributed by atoms with Gasteiger partial charge in [0.25, 0.3) is 0 Å². The van der Waals surface area contributed by atoms with Gasteiger partial charge in [0, 0.05) is 23.5 Å². The van der Waals surface area contributed by atoms with Gasteiger partial charge in [-0.2, -0.15) is 5.10 Å². The van der Waals surface area contributed by atoms with Crippen LogP contribution in [0.3, 0.4) is 0 Å². The minimum absolute atomic E-state index is 0.0714. The molecular formula is C18H17ClN6OS. The van der Waals surface area contributed by atoms with Gasteiger partial charge in [0.15, 0.2) is 0 Å². The largest absolute Gasteiger partial charge is 0.506 e. The van der Waals surface area contributed by atoms with Crippen LogP contribution in [0.4, 0.5) is 5.13 Å². The van der Waals surface area contributed by atoms with Crippen molar-refractivity contribution in [1.29, 1.82) is 0 Å². The number of fused-ring (bicyclic) bond motifs is 1. The first-order valence-electron chi connectivity index (χ1n) is 8.32. The summed E-state index contributed by atoms with van der Waals surface area (Å²) in [5.74, 6) is 0.0714. The predicted molar refractivity (Wildman–Crippen MR) is 108 cm³/mol. The second-order valence-corrected chi connectivity index (χ2v) is 7.60. The SMILES string of the molecule is NC(CNc1nnc(-c2ccc3[nH]ncc3c2)s1)Cc1ccc(O)c(Cl)c1. The fraction of sp³-hybridized carbons (Fsp3) is 0.167. The number of aromatic hydroxyl groups is 1. The molecule has 4 rings (SSSR count). The van der Waals surface area contributed by atoms with Crippen molar-refractivity contribution in [2.24, 2.45) is 5.73 Å². The van der Waals surface area contributed by atoms with Crippen molar-refractivity contribution in [3.63, 3.8) is 0 Å². The van der Waals surface area contributed by atoms with Gasteiger partial charge in [-0.3, -0.25) is 5.10 Å². The third-order valence-electron chi connectivity index (χ3n) is 4.14. The molecule has 5 N–H and O–H groups in total. The Morgan fingerprint density at radius 2 is 2.11 bits per heavy atom. The monoisotopic (exact) mass is 400 g/mol. The molecule has 4 aromatic rings. The lowest BCUT2D eigenvalue weighted by atomic mass is 10.1. The van der Waals surface area contributed by atoms with Gasteiger partial charge in [-0.05, 0) is 42.3 Å². The van der Waals surface area contributed by atoms with Crippen LogP contribution in [0.15, 0.2) is 42.6 Å². The molecule has 1 unspecified atom stereocenters.